The van der Waals surface area contributed by atoms with E-state index in [4.69, 9.17) is 10.9 Å². The summed E-state index contributed by atoms with van der Waals surface area (Å²) in [6.07, 6.45) is 0. The second-order valence-corrected chi connectivity index (χ2v) is 2.66. The Bertz CT molecular complexity index is 300. The second kappa shape index (κ2) is 3.21. The summed E-state index contributed by atoms with van der Waals surface area (Å²) in [4.78, 5) is 4.09. The Balaban J connectivity index is 3.17. The summed E-state index contributed by atoms with van der Waals surface area (Å²) in [5.74, 6) is 0.0433. The molecule has 1 heterocycles. The number of nitrogens with zero attached hydrogens (tertiary/aromatic N) is 2. The lowest BCUT2D eigenvalue weighted by Gasteiger charge is -2.00. The van der Waals surface area contributed by atoms with Crippen LogP contribution in [-0.2, 0) is 0 Å². The van der Waals surface area contributed by atoms with E-state index in [0.29, 0.717) is 5.69 Å². The highest BCUT2D eigenvalue weighted by Gasteiger charge is 2.01. The monoisotopic (exact) mass is 165 g/mol. The number of aromatic nitrogens is 1. The maximum atomic E-state index is 8.39. The standard InChI is InChI=1S/C8H11N3O/c1-5-3-6(2)10-7(4-5)8(9)11-12/h3-4,12H,1-2H3,(H2,9,11). The van der Waals surface area contributed by atoms with Gasteiger partial charge in [-0.25, -0.2) is 4.98 Å². The van der Waals surface area contributed by atoms with Crippen LogP contribution in [0.3, 0.4) is 0 Å². The summed E-state index contributed by atoms with van der Waals surface area (Å²) >= 11 is 0. The van der Waals surface area contributed by atoms with Gasteiger partial charge in [-0.15, -0.1) is 0 Å². The van der Waals surface area contributed by atoms with E-state index < -0.39 is 0 Å². The molecule has 0 aliphatic heterocycles. The average molecular weight is 165 g/mol. The van der Waals surface area contributed by atoms with Gasteiger partial charge in [0.25, 0.3) is 0 Å². The van der Waals surface area contributed by atoms with Crippen LogP contribution in [0.2, 0.25) is 0 Å². The van der Waals surface area contributed by atoms with Crippen LogP contribution in [0.4, 0.5) is 0 Å². The van der Waals surface area contributed by atoms with Crippen molar-refractivity contribution < 1.29 is 5.21 Å². The molecular weight excluding hydrogens is 154 g/mol. The van der Waals surface area contributed by atoms with Crippen LogP contribution in [0.25, 0.3) is 0 Å². The van der Waals surface area contributed by atoms with Crippen molar-refractivity contribution in [2.75, 3.05) is 0 Å². The number of rotatable bonds is 1. The fourth-order valence-corrected chi connectivity index (χ4v) is 1.02. The lowest BCUT2D eigenvalue weighted by Crippen LogP contribution is -2.15. The molecule has 0 bridgehead atoms. The highest BCUT2D eigenvalue weighted by atomic mass is 16.4. The Hall–Kier alpha value is -1.58. The van der Waals surface area contributed by atoms with Crippen LogP contribution in [-0.4, -0.2) is 16.0 Å². The number of nitrogens with two attached hydrogens (primary N) is 1. The van der Waals surface area contributed by atoms with Gasteiger partial charge in [0.15, 0.2) is 5.84 Å². The summed E-state index contributed by atoms with van der Waals surface area (Å²) < 4.78 is 0. The van der Waals surface area contributed by atoms with Crippen LogP contribution >= 0.6 is 0 Å². The molecule has 64 valence electrons. The molecule has 0 fully saturated rings. The summed E-state index contributed by atoms with van der Waals surface area (Å²) in [6, 6.07) is 3.69. The smallest absolute Gasteiger partial charge is 0.188 e. The first-order valence-electron chi connectivity index (χ1n) is 3.56. The molecule has 0 aliphatic carbocycles. The summed E-state index contributed by atoms with van der Waals surface area (Å²) in [6.45, 7) is 3.80. The number of aryl methyl sites for hydroxylation is 2. The zero-order chi connectivity index (χ0) is 9.14. The predicted molar refractivity (Wildman–Crippen MR) is 46.2 cm³/mol. The Morgan fingerprint density at radius 3 is 2.67 bits per heavy atom. The van der Waals surface area contributed by atoms with E-state index >= 15 is 0 Å². The van der Waals surface area contributed by atoms with E-state index in [2.05, 4.69) is 10.1 Å². The molecule has 0 unspecified atom stereocenters. The Labute approximate surface area is 70.7 Å². The molecule has 4 heteroatoms. The first kappa shape index (κ1) is 8.52. The van der Waals surface area contributed by atoms with Gasteiger partial charge in [0.05, 0.1) is 0 Å². The van der Waals surface area contributed by atoms with Crippen molar-refractivity contribution in [3.05, 3.63) is 29.1 Å². The van der Waals surface area contributed by atoms with E-state index in [1.165, 1.54) is 0 Å². The molecule has 3 N–H and O–H groups in total. The van der Waals surface area contributed by atoms with Gasteiger partial charge < -0.3 is 10.9 Å². The number of pyridine rings is 1. The molecule has 1 aromatic rings. The predicted octanol–water partition coefficient (Wildman–Crippen LogP) is 0.793. The SMILES string of the molecule is Cc1cc(C)nc(/C(N)=N/O)c1. The van der Waals surface area contributed by atoms with E-state index in [1.807, 2.05) is 19.9 Å². The van der Waals surface area contributed by atoms with Gasteiger partial charge in [-0.3, -0.25) is 0 Å². The summed E-state index contributed by atoms with van der Waals surface area (Å²) in [7, 11) is 0. The normalized spacial score (nSPS) is 11.7. The maximum Gasteiger partial charge on any atom is 0.188 e. The molecule has 0 spiro atoms. The Morgan fingerprint density at radius 2 is 2.17 bits per heavy atom. The van der Waals surface area contributed by atoms with Gasteiger partial charge >= 0.3 is 0 Å². The lowest BCUT2D eigenvalue weighted by molar-refractivity contribution is 0.318. The van der Waals surface area contributed by atoms with Gasteiger partial charge in [0.1, 0.15) is 5.69 Å². The van der Waals surface area contributed by atoms with Crippen molar-refractivity contribution in [3.63, 3.8) is 0 Å². The minimum atomic E-state index is 0.0433. The molecule has 0 aromatic carbocycles. The molecule has 1 aromatic heterocycles. The van der Waals surface area contributed by atoms with Crippen LogP contribution in [0.1, 0.15) is 17.0 Å². The quantitative estimate of drug-likeness (QED) is 0.280. The Kier molecular flexibility index (Phi) is 2.28. The van der Waals surface area contributed by atoms with Crippen molar-refractivity contribution in [1.29, 1.82) is 0 Å². The maximum absolute atomic E-state index is 8.39. The molecule has 0 radical (unpaired) electrons. The number of hydrogen-bond donors (Lipinski definition) is 2. The second-order valence-electron chi connectivity index (χ2n) is 2.66. The highest BCUT2D eigenvalue weighted by Crippen LogP contribution is 2.03. The fraction of sp³-hybridized carbons (Fsp3) is 0.250. The minimum Gasteiger partial charge on any atom is -0.409 e. The molecular formula is C8H11N3O. The van der Waals surface area contributed by atoms with Gasteiger partial charge in [-0.05, 0) is 31.5 Å². The van der Waals surface area contributed by atoms with Crippen LogP contribution in [0.5, 0.6) is 0 Å². The van der Waals surface area contributed by atoms with Crippen molar-refractivity contribution in [3.8, 4) is 0 Å². The third kappa shape index (κ3) is 1.72. The van der Waals surface area contributed by atoms with Crippen LogP contribution < -0.4 is 5.73 Å². The summed E-state index contributed by atoms with van der Waals surface area (Å²) in [5, 5.41) is 11.3. The number of amidine groups is 1. The number of hydrogen-bond acceptors (Lipinski definition) is 3. The fourth-order valence-electron chi connectivity index (χ4n) is 1.02. The average Bonchev–Trinajstić information content (AvgIpc) is 2.01. The first-order valence-corrected chi connectivity index (χ1v) is 3.56. The van der Waals surface area contributed by atoms with Crippen molar-refractivity contribution in [2.24, 2.45) is 10.9 Å². The van der Waals surface area contributed by atoms with Crippen LogP contribution in [0, 0.1) is 13.8 Å². The van der Waals surface area contributed by atoms with E-state index in [9.17, 15) is 0 Å². The first-order chi connectivity index (χ1) is 5.63. The molecule has 0 amide bonds. The molecule has 0 atom stereocenters. The third-order valence-corrected chi connectivity index (χ3v) is 1.47. The van der Waals surface area contributed by atoms with Gasteiger partial charge in [0, 0.05) is 5.69 Å². The van der Waals surface area contributed by atoms with Crippen molar-refractivity contribution >= 4 is 5.84 Å². The van der Waals surface area contributed by atoms with Gasteiger partial charge in [-0.1, -0.05) is 5.16 Å². The van der Waals surface area contributed by atoms with Crippen molar-refractivity contribution in [2.45, 2.75) is 13.8 Å². The molecule has 0 aliphatic rings. The molecule has 0 saturated heterocycles. The molecule has 12 heavy (non-hydrogen) atoms. The van der Waals surface area contributed by atoms with Gasteiger partial charge in [-0.2, -0.15) is 0 Å². The third-order valence-electron chi connectivity index (χ3n) is 1.47. The highest BCUT2D eigenvalue weighted by molar-refractivity contribution is 5.95. The molecule has 1 rings (SSSR count). The summed E-state index contributed by atoms with van der Waals surface area (Å²) in [5.41, 5.74) is 7.78. The van der Waals surface area contributed by atoms with E-state index in [-0.39, 0.29) is 5.84 Å². The van der Waals surface area contributed by atoms with Gasteiger partial charge in [0.2, 0.25) is 0 Å². The lowest BCUT2D eigenvalue weighted by atomic mass is 10.2. The van der Waals surface area contributed by atoms with E-state index in [0.717, 1.165) is 11.3 Å². The zero-order valence-electron chi connectivity index (χ0n) is 7.07. The van der Waals surface area contributed by atoms with Crippen molar-refractivity contribution in [1.82, 2.24) is 4.98 Å². The molecule has 4 nitrogen and oxygen atoms in total. The molecule has 0 saturated carbocycles. The largest absolute Gasteiger partial charge is 0.409 e. The zero-order valence-corrected chi connectivity index (χ0v) is 7.07. The minimum absolute atomic E-state index is 0.0433. The van der Waals surface area contributed by atoms with E-state index in [1.54, 1.807) is 6.07 Å². The Morgan fingerprint density at radius 1 is 1.50 bits per heavy atom. The topological polar surface area (TPSA) is 71.5 Å². The van der Waals surface area contributed by atoms with Crippen LogP contribution in [0.15, 0.2) is 17.3 Å². The number of oxime groups is 1.